The van der Waals surface area contributed by atoms with Crippen LogP contribution in [0.5, 0.6) is 0 Å². The van der Waals surface area contributed by atoms with Gasteiger partial charge in [0.1, 0.15) is 0 Å². The Kier molecular flexibility index (Phi) is 8.12. The highest BCUT2D eigenvalue weighted by Crippen LogP contribution is 2.28. The van der Waals surface area contributed by atoms with Crippen molar-refractivity contribution < 1.29 is 24.5 Å². The molecular formula is C15H27NO5. The molecule has 1 aliphatic rings. The van der Waals surface area contributed by atoms with E-state index in [4.69, 9.17) is 9.84 Å². The molecule has 6 nitrogen and oxygen atoms in total. The smallest absolute Gasteiger partial charge is 0.407 e. The second-order valence-corrected chi connectivity index (χ2v) is 5.76. The van der Waals surface area contributed by atoms with Crippen LogP contribution >= 0.6 is 0 Å². The maximum Gasteiger partial charge on any atom is 0.407 e. The summed E-state index contributed by atoms with van der Waals surface area (Å²) in [5, 5.41) is 21.2. The number of aliphatic hydroxyl groups excluding tert-OH is 1. The van der Waals surface area contributed by atoms with Gasteiger partial charge in [0.15, 0.2) is 6.10 Å². The van der Waals surface area contributed by atoms with E-state index in [2.05, 4.69) is 5.32 Å². The summed E-state index contributed by atoms with van der Waals surface area (Å²) in [6.07, 6.45) is 5.42. The SMILES string of the molecule is CCCCOC(=O)N[C@@H](CC1CCCCC1)[C@@H](O)C(=O)O. The van der Waals surface area contributed by atoms with Crippen molar-refractivity contribution >= 4 is 12.1 Å². The number of carboxylic acid groups (broad SMARTS) is 1. The quantitative estimate of drug-likeness (QED) is 0.598. The van der Waals surface area contributed by atoms with E-state index >= 15 is 0 Å². The maximum absolute atomic E-state index is 11.7. The van der Waals surface area contributed by atoms with Crippen molar-refractivity contribution in [1.29, 1.82) is 0 Å². The number of carboxylic acids is 1. The van der Waals surface area contributed by atoms with Crippen molar-refractivity contribution in [2.24, 2.45) is 5.92 Å². The lowest BCUT2D eigenvalue weighted by molar-refractivity contribution is -0.148. The number of aliphatic carboxylic acids is 1. The lowest BCUT2D eigenvalue weighted by Gasteiger charge is -2.28. The van der Waals surface area contributed by atoms with Gasteiger partial charge in [0.25, 0.3) is 0 Å². The van der Waals surface area contributed by atoms with Gasteiger partial charge in [-0.2, -0.15) is 0 Å². The largest absolute Gasteiger partial charge is 0.479 e. The third-order valence-electron chi connectivity index (χ3n) is 3.98. The monoisotopic (exact) mass is 301 g/mol. The minimum absolute atomic E-state index is 0.307. The summed E-state index contributed by atoms with van der Waals surface area (Å²) in [5.41, 5.74) is 0. The molecule has 1 saturated carbocycles. The molecule has 0 heterocycles. The molecule has 0 aromatic carbocycles. The first-order chi connectivity index (χ1) is 10.0. The molecule has 0 unspecified atom stereocenters. The van der Waals surface area contributed by atoms with Gasteiger partial charge in [0, 0.05) is 0 Å². The molecule has 1 rings (SSSR count). The lowest BCUT2D eigenvalue weighted by Crippen LogP contribution is -2.48. The van der Waals surface area contributed by atoms with Crippen LogP contribution in [0.4, 0.5) is 4.79 Å². The molecule has 1 aliphatic carbocycles. The summed E-state index contributed by atoms with van der Waals surface area (Å²) in [6.45, 7) is 2.29. The molecule has 2 atom stereocenters. The lowest BCUT2D eigenvalue weighted by atomic mass is 9.83. The minimum atomic E-state index is -1.59. The van der Waals surface area contributed by atoms with Gasteiger partial charge < -0.3 is 20.3 Å². The summed E-state index contributed by atoms with van der Waals surface area (Å²) >= 11 is 0. The Morgan fingerprint density at radius 2 is 1.95 bits per heavy atom. The number of carbonyl (C=O) groups excluding carboxylic acids is 1. The highest BCUT2D eigenvalue weighted by atomic mass is 16.5. The molecule has 1 fully saturated rings. The zero-order chi connectivity index (χ0) is 15.7. The number of hydrogen-bond donors (Lipinski definition) is 3. The van der Waals surface area contributed by atoms with Gasteiger partial charge in [-0.1, -0.05) is 45.4 Å². The van der Waals surface area contributed by atoms with E-state index in [1.165, 1.54) is 6.42 Å². The van der Waals surface area contributed by atoms with Crippen LogP contribution in [-0.4, -0.2) is 41.0 Å². The van der Waals surface area contributed by atoms with E-state index in [1.54, 1.807) is 0 Å². The average molecular weight is 301 g/mol. The van der Waals surface area contributed by atoms with Gasteiger partial charge in [0.2, 0.25) is 0 Å². The van der Waals surface area contributed by atoms with Crippen molar-refractivity contribution in [3.63, 3.8) is 0 Å². The average Bonchev–Trinajstić information content (AvgIpc) is 2.47. The Hall–Kier alpha value is -1.30. The summed E-state index contributed by atoms with van der Waals surface area (Å²) in [4.78, 5) is 22.6. The van der Waals surface area contributed by atoms with Gasteiger partial charge in [-0.15, -0.1) is 0 Å². The number of nitrogens with one attached hydrogen (secondary N) is 1. The minimum Gasteiger partial charge on any atom is -0.479 e. The Labute approximate surface area is 125 Å². The van der Waals surface area contributed by atoms with Gasteiger partial charge in [-0.05, 0) is 18.8 Å². The zero-order valence-electron chi connectivity index (χ0n) is 12.7. The molecule has 3 N–H and O–H groups in total. The first-order valence-electron chi connectivity index (χ1n) is 7.88. The van der Waals surface area contributed by atoms with Crippen molar-refractivity contribution in [2.45, 2.75) is 70.4 Å². The highest BCUT2D eigenvalue weighted by Gasteiger charge is 2.30. The van der Waals surface area contributed by atoms with Gasteiger partial charge in [-0.25, -0.2) is 9.59 Å². The maximum atomic E-state index is 11.7. The number of unbranched alkanes of at least 4 members (excludes halogenated alkanes) is 1. The predicted octanol–water partition coefficient (Wildman–Crippen LogP) is 2.30. The van der Waals surface area contributed by atoms with Crippen LogP contribution in [0.2, 0.25) is 0 Å². The fraction of sp³-hybridized carbons (Fsp3) is 0.867. The number of aliphatic hydroxyl groups is 1. The van der Waals surface area contributed by atoms with Crippen LogP contribution < -0.4 is 5.32 Å². The Bertz CT molecular complexity index is 328. The molecule has 6 heteroatoms. The Morgan fingerprint density at radius 1 is 1.29 bits per heavy atom. The standard InChI is InChI=1S/C15H27NO5/c1-2-3-9-21-15(20)16-12(13(17)14(18)19)10-11-7-5-4-6-8-11/h11-13,17H,2-10H2,1H3,(H,16,20)(H,18,19)/t12-,13+/m0/s1. The molecule has 1 amide bonds. The molecule has 0 aromatic rings. The third-order valence-corrected chi connectivity index (χ3v) is 3.98. The molecule has 21 heavy (non-hydrogen) atoms. The van der Waals surface area contributed by atoms with Gasteiger partial charge in [0.05, 0.1) is 12.6 Å². The van der Waals surface area contributed by atoms with Crippen LogP contribution in [0.15, 0.2) is 0 Å². The Balaban J connectivity index is 2.50. The van der Waals surface area contributed by atoms with Crippen molar-refractivity contribution in [1.82, 2.24) is 5.32 Å². The first kappa shape index (κ1) is 17.8. The second-order valence-electron chi connectivity index (χ2n) is 5.76. The normalized spacial score (nSPS) is 18.8. The number of alkyl carbamates (subject to hydrolysis) is 1. The van der Waals surface area contributed by atoms with E-state index in [9.17, 15) is 14.7 Å². The molecule has 0 bridgehead atoms. The summed E-state index contributed by atoms with van der Waals surface area (Å²) in [6, 6.07) is -0.792. The van der Waals surface area contributed by atoms with Crippen LogP contribution in [0, 0.1) is 5.92 Å². The van der Waals surface area contributed by atoms with Crippen LogP contribution in [0.3, 0.4) is 0 Å². The number of carbonyl (C=O) groups is 2. The first-order valence-corrected chi connectivity index (χ1v) is 7.88. The van der Waals surface area contributed by atoms with Crippen molar-refractivity contribution in [3.05, 3.63) is 0 Å². The van der Waals surface area contributed by atoms with Crippen LogP contribution in [0.25, 0.3) is 0 Å². The predicted molar refractivity (Wildman–Crippen MR) is 78.0 cm³/mol. The number of hydrogen-bond acceptors (Lipinski definition) is 4. The number of ether oxygens (including phenoxy) is 1. The second kappa shape index (κ2) is 9.60. The van der Waals surface area contributed by atoms with Crippen molar-refractivity contribution in [2.75, 3.05) is 6.61 Å². The summed E-state index contributed by atoms with van der Waals surface area (Å²) < 4.78 is 4.98. The number of amides is 1. The molecule has 0 aliphatic heterocycles. The van der Waals surface area contributed by atoms with E-state index in [1.807, 2.05) is 6.92 Å². The van der Waals surface area contributed by atoms with E-state index < -0.39 is 24.2 Å². The summed E-state index contributed by atoms with van der Waals surface area (Å²) in [7, 11) is 0. The number of rotatable bonds is 8. The van der Waals surface area contributed by atoms with Gasteiger partial charge >= 0.3 is 12.1 Å². The molecule has 0 radical (unpaired) electrons. The Morgan fingerprint density at radius 3 is 2.52 bits per heavy atom. The van der Waals surface area contributed by atoms with Crippen LogP contribution in [-0.2, 0) is 9.53 Å². The van der Waals surface area contributed by atoms with Crippen LogP contribution in [0.1, 0.15) is 58.3 Å². The fourth-order valence-electron chi connectivity index (χ4n) is 2.72. The molecule has 122 valence electrons. The van der Waals surface area contributed by atoms with E-state index in [-0.39, 0.29) is 0 Å². The fourth-order valence-corrected chi connectivity index (χ4v) is 2.72. The van der Waals surface area contributed by atoms with Crippen molar-refractivity contribution in [3.8, 4) is 0 Å². The molecular weight excluding hydrogens is 274 g/mol. The van der Waals surface area contributed by atoms with Gasteiger partial charge in [-0.3, -0.25) is 0 Å². The third kappa shape index (κ3) is 6.80. The van der Waals surface area contributed by atoms with E-state index in [0.29, 0.717) is 18.9 Å². The molecule has 0 spiro atoms. The highest BCUT2D eigenvalue weighted by molar-refractivity contribution is 5.75. The molecule has 0 aromatic heterocycles. The molecule has 0 saturated heterocycles. The van der Waals surface area contributed by atoms with E-state index in [0.717, 1.165) is 38.5 Å². The topological polar surface area (TPSA) is 95.9 Å². The summed E-state index contributed by atoms with van der Waals surface area (Å²) in [5.74, 6) is -0.960. The zero-order valence-corrected chi connectivity index (χ0v) is 12.7.